The number of hydrogen-bond donors (Lipinski definition) is 1. The molecule has 0 fully saturated rings. The number of hydrogen-bond acceptors (Lipinski definition) is 3. The molecule has 0 saturated carbocycles. The highest BCUT2D eigenvalue weighted by atomic mass is 32.1. The Morgan fingerprint density at radius 1 is 1.12 bits per heavy atom. The zero-order valence-electron chi connectivity index (χ0n) is 9.91. The molecule has 0 aromatic carbocycles. The van der Waals surface area contributed by atoms with E-state index in [1.165, 1.54) is 19.5 Å². The summed E-state index contributed by atoms with van der Waals surface area (Å²) in [6, 6.07) is 9.28. The molecular weight excluding hydrogens is 234 g/mol. The first kappa shape index (κ1) is 11.8. The Morgan fingerprint density at radius 2 is 1.81 bits per heavy atom. The van der Waals surface area contributed by atoms with Crippen LogP contribution in [0.1, 0.15) is 32.5 Å². The van der Waals surface area contributed by atoms with Gasteiger partial charge in [0.05, 0.1) is 6.04 Å². The van der Waals surface area contributed by atoms with Gasteiger partial charge in [-0.2, -0.15) is 0 Å². The van der Waals surface area contributed by atoms with Gasteiger partial charge in [-0.15, -0.1) is 22.7 Å². The Kier molecular flexibility index (Phi) is 3.79. The molecule has 3 heteroatoms. The van der Waals surface area contributed by atoms with Crippen LogP contribution < -0.4 is 5.32 Å². The van der Waals surface area contributed by atoms with Gasteiger partial charge in [-0.05, 0) is 44.7 Å². The second-order valence-electron chi connectivity index (χ2n) is 3.83. The van der Waals surface area contributed by atoms with Gasteiger partial charge >= 0.3 is 0 Å². The van der Waals surface area contributed by atoms with Crippen LogP contribution >= 0.6 is 22.7 Å². The van der Waals surface area contributed by atoms with Crippen LogP contribution in [0.5, 0.6) is 0 Å². The maximum Gasteiger partial charge on any atom is 0.0762 e. The maximum absolute atomic E-state index is 3.41. The molecule has 86 valence electrons. The molecule has 2 aromatic rings. The van der Waals surface area contributed by atoms with Crippen molar-refractivity contribution in [3.63, 3.8) is 0 Å². The van der Waals surface area contributed by atoms with E-state index in [1.807, 2.05) is 29.7 Å². The van der Waals surface area contributed by atoms with Crippen LogP contribution in [0.3, 0.4) is 0 Å². The summed E-state index contributed by atoms with van der Waals surface area (Å²) in [5.41, 5.74) is 0. The van der Waals surface area contributed by atoms with Crippen LogP contribution in [0, 0.1) is 6.92 Å². The van der Waals surface area contributed by atoms with E-state index in [-0.39, 0.29) is 0 Å². The van der Waals surface area contributed by atoms with Gasteiger partial charge in [0, 0.05) is 19.5 Å². The molecule has 0 saturated heterocycles. The monoisotopic (exact) mass is 251 g/mol. The Bertz CT molecular complexity index is 456. The summed E-state index contributed by atoms with van der Waals surface area (Å²) in [4.78, 5) is 5.66. The normalized spacial score (nSPS) is 12.9. The predicted molar refractivity (Wildman–Crippen MR) is 73.7 cm³/mol. The van der Waals surface area contributed by atoms with Gasteiger partial charge in [-0.1, -0.05) is 6.92 Å². The molecule has 1 atom stereocenters. The minimum Gasteiger partial charge on any atom is -0.308 e. The lowest BCUT2D eigenvalue weighted by atomic mass is 10.2. The Labute approximate surface area is 105 Å². The zero-order chi connectivity index (χ0) is 11.5. The molecule has 0 radical (unpaired) electrons. The quantitative estimate of drug-likeness (QED) is 0.866. The van der Waals surface area contributed by atoms with Crippen molar-refractivity contribution in [2.45, 2.75) is 26.3 Å². The van der Waals surface area contributed by atoms with Crippen LogP contribution in [0.2, 0.25) is 0 Å². The second kappa shape index (κ2) is 5.13. The van der Waals surface area contributed by atoms with Gasteiger partial charge in [0.15, 0.2) is 0 Å². The Hall–Kier alpha value is -0.640. The third-order valence-corrected chi connectivity index (χ3v) is 5.01. The number of nitrogens with one attached hydrogen (secondary N) is 1. The van der Waals surface area contributed by atoms with Crippen molar-refractivity contribution in [3.05, 3.63) is 43.8 Å². The fourth-order valence-electron chi connectivity index (χ4n) is 1.77. The molecule has 0 aliphatic rings. The number of thiophene rings is 2. The standard InChI is InChI=1S/C13H17NS2/c1-4-10-6-8-12(16-10)13(14-3)11-7-5-9(2)15-11/h5-8,13-14H,4H2,1-3H3. The third kappa shape index (κ3) is 2.37. The average molecular weight is 251 g/mol. The summed E-state index contributed by atoms with van der Waals surface area (Å²) >= 11 is 3.79. The minimum atomic E-state index is 0.365. The van der Waals surface area contributed by atoms with E-state index in [2.05, 4.69) is 43.4 Å². The number of aryl methyl sites for hydroxylation is 2. The maximum atomic E-state index is 3.41. The van der Waals surface area contributed by atoms with Crippen molar-refractivity contribution in [3.8, 4) is 0 Å². The van der Waals surface area contributed by atoms with Gasteiger partial charge < -0.3 is 5.32 Å². The van der Waals surface area contributed by atoms with Gasteiger partial charge in [-0.3, -0.25) is 0 Å². The van der Waals surface area contributed by atoms with E-state index in [0.717, 1.165) is 6.42 Å². The Balaban J connectivity index is 2.28. The highest BCUT2D eigenvalue weighted by Gasteiger charge is 2.15. The molecule has 0 aliphatic carbocycles. The molecule has 1 nitrogen and oxygen atoms in total. The summed E-state index contributed by atoms with van der Waals surface area (Å²) in [5.74, 6) is 0. The van der Waals surface area contributed by atoms with E-state index in [9.17, 15) is 0 Å². The van der Waals surface area contributed by atoms with E-state index in [0.29, 0.717) is 6.04 Å². The van der Waals surface area contributed by atoms with Crippen molar-refractivity contribution in [2.75, 3.05) is 7.05 Å². The molecule has 16 heavy (non-hydrogen) atoms. The molecule has 0 spiro atoms. The van der Waals surface area contributed by atoms with E-state index < -0.39 is 0 Å². The lowest BCUT2D eigenvalue weighted by Crippen LogP contribution is -2.14. The summed E-state index contributed by atoms with van der Waals surface area (Å²) in [5, 5.41) is 3.41. The summed E-state index contributed by atoms with van der Waals surface area (Å²) in [6.45, 7) is 4.37. The topological polar surface area (TPSA) is 12.0 Å². The SMILES string of the molecule is CCc1ccc(C(NC)c2ccc(C)s2)s1. The first-order valence-corrected chi connectivity index (χ1v) is 7.20. The largest absolute Gasteiger partial charge is 0.308 e. The first-order chi connectivity index (χ1) is 7.74. The molecule has 1 unspecified atom stereocenters. The molecule has 0 aliphatic heterocycles. The molecule has 0 bridgehead atoms. The molecule has 2 aromatic heterocycles. The smallest absolute Gasteiger partial charge is 0.0762 e. The second-order valence-corrected chi connectivity index (χ2v) is 6.35. The van der Waals surface area contributed by atoms with E-state index >= 15 is 0 Å². The van der Waals surface area contributed by atoms with Crippen LogP contribution in [0.25, 0.3) is 0 Å². The van der Waals surface area contributed by atoms with Crippen molar-refractivity contribution in [1.82, 2.24) is 5.32 Å². The fourth-order valence-corrected chi connectivity index (χ4v) is 3.94. The van der Waals surface area contributed by atoms with E-state index in [4.69, 9.17) is 0 Å². The lowest BCUT2D eigenvalue weighted by molar-refractivity contribution is 0.716. The summed E-state index contributed by atoms with van der Waals surface area (Å²) < 4.78 is 0. The highest BCUT2D eigenvalue weighted by molar-refractivity contribution is 7.13. The van der Waals surface area contributed by atoms with Gasteiger partial charge in [0.1, 0.15) is 0 Å². The number of rotatable bonds is 4. The van der Waals surface area contributed by atoms with Crippen LogP contribution in [0.15, 0.2) is 24.3 Å². The molecule has 1 N–H and O–H groups in total. The fraction of sp³-hybridized carbons (Fsp3) is 0.385. The van der Waals surface area contributed by atoms with Crippen LogP contribution in [-0.4, -0.2) is 7.05 Å². The van der Waals surface area contributed by atoms with E-state index in [1.54, 1.807) is 0 Å². The molecule has 2 heterocycles. The van der Waals surface area contributed by atoms with Crippen molar-refractivity contribution in [1.29, 1.82) is 0 Å². The first-order valence-electron chi connectivity index (χ1n) is 5.56. The van der Waals surface area contributed by atoms with Crippen molar-refractivity contribution < 1.29 is 0 Å². The summed E-state index contributed by atoms with van der Waals surface area (Å²) in [7, 11) is 2.03. The Morgan fingerprint density at radius 3 is 2.31 bits per heavy atom. The minimum absolute atomic E-state index is 0.365. The molecule has 0 amide bonds. The van der Waals surface area contributed by atoms with Crippen LogP contribution in [-0.2, 0) is 6.42 Å². The van der Waals surface area contributed by atoms with Crippen LogP contribution in [0.4, 0.5) is 0 Å². The highest BCUT2D eigenvalue weighted by Crippen LogP contribution is 2.32. The molecule has 2 rings (SSSR count). The van der Waals surface area contributed by atoms with Crippen molar-refractivity contribution >= 4 is 22.7 Å². The third-order valence-electron chi connectivity index (χ3n) is 2.65. The predicted octanol–water partition coefficient (Wildman–Crippen LogP) is 3.99. The summed E-state index contributed by atoms with van der Waals surface area (Å²) in [6.07, 6.45) is 1.13. The average Bonchev–Trinajstić information content (AvgIpc) is 2.89. The van der Waals surface area contributed by atoms with Gasteiger partial charge in [0.25, 0.3) is 0 Å². The lowest BCUT2D eigenvalue weighted by Gasteiger charge is -2.12. The zero-order valence-corrected chi connectivity index (χ0v) is 11.5. The van der Waals surface area contributed by atoms with Crippen molar-refractivity contribution in [2.24, 2.45) is 0 Å². The van der Waals surface area contributed by atoms with Gasteiger partial charge in [-0.25, -0.2) is 0 Å². The van der Waals surface area contributed by atoms with Gasteiger partial charge in [0.2, 0.25) is 0 Å². The molecular formula is C13H17NS2.